The highest BCUT2D eigenvalue weighted by Gasteiger charge is 2.26. The van der Waals surface area contributed by atoms with Crippen LogP contribution in [0, 0.1) is 5.92 Å². The lowest BCUT2D eigenvalue weighted by Gasteiger charge is -2.36. The number of rotatable bonds is 6. The summed E-state index contributed by atoms with van der Waals surface area (Å²) in [4.78, 5) is 32.4. The van der Waals surface area contributed by atoms with E-state index in [2.05, 4.69) is 4.98 Å². The van der Waals surface area contributed by atoms with Gasteiger partial charge in [0.15, 0.2) is 0 Å². The van der Waals surface area contributed by atoms with Gasteiger partial charge in [-0.25, -0.2) is 0 Å². The van der Waals surface area contributed by atoms with Gasteiger partial charge >= 0.3 is 0 Å². The number of piperidine rings is 2. The molecule has 2 fully saturated rings. The van der Waals surface area contributed by atoms with Crippen LogP contribution in [0.4, 0.5) is 0 Å². The third-order valence-corrected chi connectivity index (χ3v) is 6.07. The van der Waals surface area contributed by atoms with E-state index in [1.165, 1.54) is 0 Å². The molecule has 2 amide bonds. The van der Waals surface area contributed by atoms with Crippen LogP contribution >= 0.6 is 11.8 Å². The van der Waals surface area contributed by atoms with Gasteiger partial charge in [0.1, 0.15) is 0 Å². The fraction of sp³-hybridized carbons (Fsp3) is 0.632. The molecule has 3 heterocycles. The third kappa shape index (κ3) is 5.46. The van der Waals surface area contributed by atoms with E-state index in [0.717, 1.165) is 63.2 Å². The van der Waals surface area contributed by atoms with Crippen LogP contribution in [0.25, 0.3) is 0 Å². The lowest BCUT2D eigenvalue weighted by Crippen LogP contribution is -2.44. The second kappa shape index (κ2) is 9.22. The Balaban J connectivity index is 1.35. The molecule has 25 heavy (non-hydrogen) atoms. The van der Waals surface area contributed by atoms with Crippen molar-refractivity contribution < 1.29 is 9.59 Å². The van der Waals surface area contributed by atoms with Gasteiger partial charge in [0.2, 0.25) is 11.8 Å². The fourth-order valence-electron chi connectivity index (χ4n) is 3.56. The molecule has 1 aromatic rings. The molecule has 0 aromatic carbocycles. The van der Waals surface area contributed by atoms with Gasteiger partial charge in [-0.15, -0.1) is 11.8 Å². The first-order valence-electron chi connectivity index (χ1n) is 9.24. The molecule has 0 saturated carbocycles. The first-order valence-corrected chi connectivity index (χ1v) is 10.4. The summed E-state index contributed by atoms with van der Waals surface area (Å²) in [5, 5.41) is 0. The van der Waals surface area contributed by atoms with E-state index in [1.807, 2.05) is 28.1 Å². The average Bonchev–Trinajstić information content (AvgIpc) is 2.65. The van der Waals surface area contributed by atoms with Crippen molar-refractivity contribution in [3.8, 4) is 0 Å². The summed E-state index contributed by atoms with van der Waals surface area (Å²) in [5.74, 6) is 2.46. The Labute approximate surface area is 154 Å². The molecule has 136 valence electrons. The van der Waals surface area contributed by atoms with Crippen LogP contribution in [0.15, 0.2) is 24.5 Å². The summed E-state index contributed by atoms with van der Waals surface area (Å²) in [5.41, 5.74) is 1.16. The molecule has 0 aliphatic carbocycles. The van der Waals surface area contributed by atoms with E-state index in [-0.39, 0.29) is 5.91 Å². The highest BCUT2D eigenvalue weighted by molar-refractivity contribution is 7.99. The number of thioether (sulfide) groups is 1. The number of hydrogen-bond donors (Lipinski definition) is 0. The van der Waals surface area contributed by atoms with E-state index in [4.69, 9.17) is 0 Å². The van der Waals surface area contributed by atoms with Gasteiger partial charge in [-0.05, 0) is 43.2 Å². The standard InChI is InChI=1S/C19H27N3O2S/c23-18-5-1-2-9-22(18)13-16-6-10-21(11-7-16)19(24)15-25-14-17-4-3-8-20-12-17/h3-4,8,12,16H,1-2,5-7,9-11,13-15H2. The molecule has 0 atom stereocenters. The van der Waals surface area contributed by atoms with Gasteiger partial charge < -0.3 is 9.80 Å². The highest BCUT2D eigenvalue weighted by atomic mass is 32.2. The zero-order chi connectivity index (χ0) is 17.5. The summed E-state index contributed by atoms with van der Waals surface area (Å²) in [6.07, 6.45) is 8.54. The van der Waals surface area contributed by atoms with Gasteiger partial charge in [-0.2, -0.15) is 0 Å². The summed E-state index contributed by atoms with van der Waals surface area (Å²) in [6.45, 7) is 3.47. The maximum absolute atomic E-state index is 12.4. The Hall–Kier alpha value is -1.56. The number of carbonyl (C=O) groups excluding carboxylic acids is 2. The molecule has 1 aromatic heterocycles. The Bertz CT molecular complexity index is 573. The second-order valence-corrected chi connectivity index (χ2v) is 7.96. The predicted molar refractivity (Wildman–Crippen MR) is 100 cm³/mol. The number of hydrogen-bond acceptors (Lipinski definition) is 4. The first-order chi connectivity index (χ1) is 12.2. The van der Waals surface area contributed by atoms with Crippen molar-refractivity contribution in [3.05, 3.63) is 30.1 Å². The second-order valence-electron chi connectivity index (χ2n) is 6.98. The lowest BCUT2D eigenvalue weighted by atomic mass is 9.95. The third-order valence-electron chi connectivity index (χ3n) is 5.08. The Morgan fingerprint density at radius 2 is 2.08 bits per heavy atom. The van der Waals surface area contributed by atoms with E-state index in [1.54, 1.807) is 18.0 Å². The maximum Gasteiger partial charge on any atom is 0.232 e. The summed E-state index contributed by atoms with van der Waals surface area (Å²) < 4.78 is 0. The molecular formula is C19H27N3O2S. The Morgan fingerprint density at radius 1 is 1.24 bits per heavy atom. The molecule has 0 radical (unpaired) electrons. The number of pyridine rings is 1. The predicted octanol–water partition coefficient (Wildman–Crippen LogP) is 2.57. The SMILES string of the molecule is O=C(CSCc1cccnc1)N1CCC(CN2CCCCC2=O)CC1. The van der Waals surface area contributed by atoms with Gasteiger partial charge in [-0.3, -0.25) is 14.6 Å². The number of likely N-dealkylation sites (tertiary alicyclic amines) is 2. The Morgan fingerprint density at radius 3 is 2.80 bits per heavy atom. The number of aromatic nitrogens is 1. The zero-order valence-corrected chi connectivity index (χ0v) is 15.5. The van der Waals surface area contributed by atoms with Crippen LogP contribution < -0.4 is 0 Å². The van der Waals surface area contributed by atoms with Crippen LogP contribution in [0.1, 0.15) is 37.7 Å². The van der Waals surface area contributed by atoms with Gasteiger partial charge in [0, 0.05) is 50.7 Å². The van der Waals surface area contributed by atoms with Gasteiger partial charge in [0.25, 0.3) is 0 Å². The summed E-state index contributed by atoms with van der Waals surface area (Å²) in [6, 6.07) is 3.97. The largest absolute Gasteiger partial charge is 0.342 e. The van der Waals surface area contributed by atoms with Gasteiger partial charge in [-0.1, -0.05) is 6.07 Å². The minimum Gasteiger partial charge on any atom is -0.342 e. The van der Waals surface area contributed by atoms with E-state index >= 15 is 0 Å². The molecular weight excluding hydrogens is 334 g/mol. The number of nitrogens with zero attached hydrogens (tertiary/aromatic N) is 3. The molecule has 0 spiro atoms. The molecule has 0 bridgehead atoms. The smallest absolute Gasteiger partial charge is 0.232 e. The summed E-state index contributed by atoms with van der Waals surface area (Å²) in [7, 11) is 0. The van der Waals surface area contributed by atoms with Crippen molar-refractivity contribution in [2.75, 3.05) is 31.9 Å². The summed E-state index contributed by atoms with van der Waals surface area (Å²) >= 11 is 1.65. The van der Waals surface area contributed by atoms with E-state index in [0.29, 0.717) is 24.0 Å². The molecule has 0 unspecified atom stereocenters. The van der Waals surface area contributed by atoms with Gasteiger partial charge in [0.05, 0.1) is 5.75 Å². The lowest BCUT2D eigenvalue weighted by molar-refractivity contribution is -0.135. The van der Waals surface area contributed by atoms with Crippen molar-refractivity contribution >= 4 is 23.6 Å². The van der Waals surface area contributed by atoms with E-state index in [9.17, 15) is 9.59 Å². The average molecular weight is 362 g/mol. The maximum atomic E-state index is 12.4. The molecule has 0 N–H and O–H groups in total. The number of amides is 2. The van der Waals surface area contributed by atoms with Crippen molar-refractivity contribution in [2.45, 2.75) is 37.9 Å². The first kappa shape index (κ1) is 18.2. The van der Waals surface area contributed by atoms with Crippen molar-refractivity contribution in [1.29, 1.82) is 0 Å². The topological polar surface area (TPSA) is 53.5 Å². The van der Waals surface area contributed by atoms with Crippen molar-refractivity contribution in [2.24, 2.45) is 5.92 Å². The van der Waals surface area contributed by atoms with Crippen LogP contribution in [-0.2, 0) is 15.3 Å². The van der Waals surface area contributed by atoms with Crippen LogP contribution in [-0.4, -0.2) is 58.5 Å². The minimum absolute atomic E-state index is 0.237. The molecule has 5 nitrogen and oxygen atoms in total. The quantitative estimate of drug-likeness (QED) is 0.781. The highest BCUT2D eigenvalue weighted by Crippen LogP contribution is 2.22. The van der Waals surface area contributed by atoms with E-state index < -0.39 is 0 Å². The van der Waals surface area contributed by atoms with Crippen LogP contribution in [0.3, 0.4) is 0 Å². The minimum atomic E-state index is 0.237. The van der Waals surface area contributed by atoms with Crippen LogP contribution in [0.5, 0.6) is 0 Å². The fourth-order valence-corrected chi connectivity index (χ4v) is 4.43. The molecule has 2 saturated heterocycles. The molecule has 2 aliphatic rings. The Kier molecular flexibility index (Phi) is 6.73. The zero-order valence-electron chi connectivity index (χ0n) is 14.7. The normalized spacial score (nSPS) is 19.3. The van der Waals surface area contributed by atoms with Crippen LogP contribution in [0.2, 0.25) is 0 Å². The van der Waals surface area contributed by atoms with Crippen molar-refractivity contribution in [3.63, 3.8) is 0 Å². The number of carbonyl (C=O) groups is 2. The van der Waals surface area contributed by atoms with Crippen molar-refractivity contribution in [1.82, 2.24) is 14.8 Å². The molecule has 2 aliphatic heterocycles. The molecule has 3 rings (SSSR count). The molecule has 6 heteroatoms. The monoisotopic (exact) mass is 361 g/mol.